The minimum Gasteiger partial charge on any atom is -0.322 e. The molecule has 0 saturated heterocycles. The fraction of sp³-hybridized carbons (Fsp3) is 0.158. The normalized spacial score (nSPS) is 12.7. The highest BCUT2D eigenvalue weighted by Gasteiger charge is 2.42. The van der Waals surface area contributed by atoms with Crippen molar-refractivity contribution >= 4 is 11.6 Å². The summed E-state index contributed by atoms with van der Waals surface area (Å²) in [5.74, 6) is -2.97. The molecule has 3 aromatic rings. The van der Waals surface area contributed by atoms with Crippen LogP contribution in [0.3, 0.4) is 0 Å². The lowest BCUT2D eigenvalue weighted by molar-refractivity contribution is -0.143. The zero-order valence-corrected chi connectivity index (χ0v) is 15.7. The Morgan fingerprint density at radius 2 is 1.42 bits per heavy atom. The van der Waals surface area contributed by atoms with Crippen molar-refractivity contribution in [3.05, 3.63) is 76.9 Å². The minimum absolute atomic E-state index is 0.0208. The molecule has 0 aliphatic carbocycles. The monoisotopic (exact) mass is 485 g/mol. The highest BCUT2D eigenvalue weighted by atomic mass is 19.4. The van der Waals surface area contributed by atoms with E-state index in [4.69, 9.17) is 0 Å². The first kappa shape index (κ1) is 24.1. The topological polar surface area (TPSA) is 46.9 Å². The second-order valence-corrected chi connectivity index (χ2v) is 6.48. The highest BCUT2D eigenvalue weighted by molar-refractivity contribution is 6.05. The number of amides is 1. The molecule has 0 fully saturated rings. The molecule has 1 amide bonds. The van der Waals surface area contributed by atoms with E-state index in [1.54, 1.807) is 0 Å². The summed E-state index contributed by atoms with van der Waals surface area (Å²) in [6.07, 6.45) is -15.4. The number of hydrogen-bond acceptors (Lipinski definition) is 2. The third kappa shape index (κ3) is 5.09. The van der Waals surface area contributed by atoms with Gasteiger partial charge >= 0.3 is 18.5 Å². The van der Waals surface area contributed by atoms with Gasteiger partial charge in [-0.1, -0.05) is 6.07 Å². The van der Waals surface area contributed by atoms with Gasteiger partial charge in [0.15, 0.2) is 5.69 Å². The van der Waals surface area contributed by atoms with E-state index in [0.717, 1.165) is 30.3 Å². The first-order valence-corrected chi connectivity index (χ1v) is 8.61. The fourth-order valence-corrected chi connectivity index (χ4v) is 2.79. The van der Waals surface area contributed by atoms with Crippen molar-refractivity contribution in [2.24, 2.45) is 0 Å². The molecule has 4 nitrogen and oxygen atoms in total. The lowest BCUT2D eigenvalue weighted by Crippen LogP contribution is -2.20. The molecule has 0 saturated carbocycles. The molecule has 14 heteroatoms. The Kier molecular flexibility index (Phi) is 5.89. The quantitative estimate of drug-likeness (QED) is 0.442. The van der Waals surface area contributed by atoms with E-state index in [1.807, 2.05) is 5.32 Å². The van der Waals surface area contributed by atoms with Gasteiger partial charge in [-0.05, 0) is 36.4 Å². The van der Waals surface area contributed by atoms with Crippen molar-refractivity contribution in [3.63, 3.8) is 0 Å². The third-order valence-corrected chi connectivity index (χ3v) is 4.21. The first-order chi connectivity index (χ1) is 15.1. The van der Waals surface area contributed by atoms with Gasteiger partial charge in [0.05, 0.1) is 16.8 Å². The molecule has 0 spiro atoms. The zero-order valence-electron chi connectivity index (χ0n) is 15.7. The van der Waals surface area contributed by atoms with Crippen molar-refractivity contribution in [1.82, 2.24) is 9.78 Å². The maximum atomic E-state index is 13.9. The Morgan fingerprint density at radius 3 is 1.94 bits per heavy atom. The average molecular weight is 485 g/mol. The van der Waals surface area contributed by atoms with Gasteiger partial charge in [-0.15, -0.1) is 0 Å². The minimum atomic E-state index is -5.19. The summed E-state index contributed by atoms with van der Waals surface area (Å²) >= 11 is 0. The second kappa shape index (κ2) is 8.08. The number of carbonyl (C=O) groups excluding carboxylic acids is 1. The molecule has 0 radical (unpaired) electrons. The van der Waals surface area contributed by atoms with Crippen molar-refractivity contribution < 1.29 is 48.7 Å². The van der Waals surface area contributed by atoms with Gasteiger partial charge in [-0.25, -0.2) is 9.07 Å². The van der Waals surface area contributed by atoms with Gasteiger partial charge in [-0.2, -0.15) is 44.6 Å². The van der Waals surface area contributed by atoms with Crippen LogP contribution in [0.4, 0.5) is 49.6 Å². The number of halogens is 10. The number of nitrogens with zero attached hydrogens (tertiary/aromatic N) is 2. The molecule has 2 aromatic carbocycles. The SMILES string of the molecule is O=C(Nc1ccc(-n2nc(C(F)(F)F)cc2C(F)(F)F)cc1)c1c(F)cccc1C(F)(F)F. The Balaban J connectivity index is 1.93. The van der Waals surface area contributed by atoms with E-state index < -0.39 is 58.5 Å². The third-order valence-electron chi connectivity index (χ3n) is 4.21. The van der Waals surface area contributed by atoms with Gasteiger partial charge in [0.2, 0.25) is 0 Å². The van der Waals surface area contributed by atoms with Gasteiger partial charge in [0.1, 0.15) is 11.5 Å². The van der Waals surface area contributed by atoms with Crippen LogP contribution in [-0.2, 0) is 18.5 Å². The predicted octanol–water partition coefficient (Wildman–Crippen LogP) is 6.32. The van der Waals surface area contributed by atoms with Gasteiger partial charge < -0.3 is 5.32 Å². The maximum absolute atomic E-state index is 13.9. The molecule has 0 atom stereocenters. The predicted molar refractivity (Wildman–Crippen MR) is 92.9 cm³/mol. The summed E-state index contributed by atoms with van der Waals surface area (Å²) in [6.45, 7) is 0. The largest absolute Gasteiger partial charge is 0.435 e. The van der Waals surface area contributed by atoms with Crippen molar-refractivity contribution in [1.29, 1.82) is 0 Å². The number of anilines is 1. The van der Waals surface area contributed by atoms with Gasteiger partial charge in [0.25, 0.3) is 5.91 Å². The Morgan fingerprint density at radius 1 is 0.818 bits per heavy atom. The molecule has 1 N–H and O–H groups in total. The van der Waals surface area contributed by atoms with Crippen LogP contribution in [0.25, 0.3) is 5.69 Å². The number of hydrogen-bond donors (Lipinski definition) is 1. The molecular weight excluding hydrogens is 476 g/mol. The molecule has 0 aliphatic heterocycles. The number of nitrogens with one attached hydrogen (secondary N) is 1. The number of carbonyl (C=O) groups is 1. The van der Waals surface area contributed by atoms with Crippen LogP contribution in [0.2, 0.25) is 0 Å². The number of alkyl halides is 9. The Hall–Kier alpha value is -3.58. The zero-order chi connectivity index (χ0) is 24.8. The summed E-state index contributed by atoms with van der Waals surface area (Å²) in [5, 5.41) is 4.87. The van der Waals surface area contributed by atoms with E-state index in [2.05, 4.69) is 5.10 Å². The van der Waals surface area contributed by atoms with Crippen LogP contribution in [0.1, 0.15) is 27.3 Å². The molecule has 0 aliphatic rings. The molecule has 3 rings (SSSR count). The summed E-state index contributed by atoms with van der Waals surface area (Å²) in [6, 6.07) is 5.15. The van der Waals surface area contributed by atoms with E-state index >= 15 is 0 Å². The van der Waals surface area contributed by atoms with Gasteiger partial charge in [0, 0.05) is 11.8 Å². The standard InChI is InChI=1S/C19H9F10N3O/c20-12-3-1-2-11(17(21,22)23)15(12)16(33)30-9-4-6-10(7-5-9)32-14(19(27,28)29)8-13(31-32)18(24,25)26/h1-8H,(H,30,33). The van der Waals surface area contributed by atoms with Crippen LogP contribution in [0.5, 0.6) is 0 Å². The summed E-state index contributed by atoms with van der Waals surface area (Å²) in [4.78, 5) is 12.2. The lowest BCUT2D eigenvalue weighted by atomic mass is 10.1. The molecular formula is C19H9F10N3O. The van der Waals surface area contributed by atoms with Crippen LogP contribution < -0.4 is 5.32 Å². The second-order valence-electron chi connectivity index (χ2n) is 6.48. The number of rotatable bonds is 3. The highest BCUT2D eigenvalue weighted by Crippen LogP contribution is 2.37. The van der Waals surface area contributed by atoms with Crippen LogP contribution in [0.15, 0.2) is 48.5 Å². The van der Waals surface area contributed by atoms with E-state index in [-0.39, 0.29) is 16.4 Å². The van der Waals surface area contributed by atoms with Gasteiger partial charge in [-0.3, -0.25) is 4.79 Å². The van der Waals surface area contributed by atoms with Crippen LogP contribution in [0, 0.1) is 5.82 Å². The Labute approximate surface area is 177 Å². The van der Waals surface area contributed by atoms with Crippen molar-refractivity contribution in [2.45, 2.75) is 18.5 Å². The number of aromatic nitrogens is 2. The Bertz CT molecular complexity index is 1170. The molecule has 33 heavy (non-hydrogen) atoms. The van der Waals surface area contributed by atoms with Crippen LogP contribution in [-0.4, -0.2) is 15.7 Å². The summed E-state index contributed by atoms with van der Waals surface area (Å²) < 4.78 is 131. The van der Waals surface area contributed by atoms with Crippen molar-refractivity contribution in [3.8, 4) is 5.69 Å². The molecule has 1 heterocycles. The number of benzene rings is 2. The van der Waals surface area contributed by atoms with Crippen LogP contribution >= 0.6 is 0 Å². The average Bonchev–Trinajstić information content (AvgIpc) is 3.14. The maximum Gasteiger partial charge on any atom is 0.435 e. The molecule has 0 unspecified atom stereocenters. The molecule has 1 aromatic heterocycles. The lowest BCUT2D eigenvalue weighted by Gasteiger charge is -2.14. The summed E-state index contributed by atoms with van der Waals surface area (Å²) in [7, 11) is 0. The fourth-order valence-electron chi connectivity index (χ4n) is 2.79. The molecule has 0 bridgehead atoms. The first-order valence-electron chi connectivity index (χ1n) is 8.61. The van der Waals surface area contributed by atoms with E-state index in [1.165, 1.54) is 0 Å². The molecule has 176 valence electrons. The summed E-state index contributed by atoms with van der Waals surface area (Å²) in [5.41, 5.74) is -7.15. The van der Waals surface area contributed by atoms with Crippen molar-refractivity contribution in [2.75, 3.05) is 5.32 Å². The van der Waals surface area contributed by atoms with E-state index in [0.29, 0.717) is 12.1 Å². The van der Waals surface area contributed by atoms with E-state index in [9.17, 15) is 48.7 Å². The smallest absolute Gasteiger partial charge is 0.322 e.